The van der Waals surface area contributed by atoms with Gasteiger partial charge in [-0.3, -0.25) is 0 Å². The second-order valence-electron chi connectivity index (χ2n) is 11.3. The molecule has 0 aromatic heterocycles. The van der Waals surface area contributed by atoms with Gasteiger partial charge in [0.15, 0.2) is 0 Å². The lowest BCUT2D eigenvalue weighted by Crippen LogP contribution is -2.11. The molecule has 0 saturated carbocycles. The predicted molar refractivity (Wildman–Crippen MR) is 185 cm³/mol. The summed E-state index contributed by atoms with van der Waals surface area (Å²) in [7, 11) is 0. The number of carbonyl (C=O) groups excluding carboxylic acids is 4. The lowest BCUT2D eigenvalue weighted by molar-refractivity contribution is -0.131. The van der Waals surface area contributed by atoms with Gasteiger partial charge in [0.25, 0.3) is 0 Å². The van der Waals surface area contributed by atoms with Gasteiger partial charge in [0.2, 0.25) is 0 Å². The normalized spacial score (nSPS) is 10.4. The molecule has 0 aliphatic rings. The number of hydrogen-bond acceptors (Lipinski definition) is 8. The van der Waals surface area contributed by atoms with Crippen LogP contribution in [0.1, 0.15) is 27.7 Å². The van der Waals surface area contributed by atoms with Crippen LogP contribution in [-0.4, -0.2) is 23.9 Å². The first-order chi connectivity index (χ1) is 23.1. The Morgan fingerprint density at radius 3 is 1.35 bits per heavy atom. The Bertz CT molecular complexity index is 2040. The summed E-state index contributed by atoms with van der Waals surface area (Å²) in [6.07, 6.45) is 0. The highest BCUT2D eigenvalue weighted by Crippen LogP contribution is 2.39. The third kappa shape index (κ3) is 8.72. The van der Waals surface area contributed by atoms with Crippen molar-refractivity contribution < 1.29 is 42.5 Å². The fourth-order valence-corrected chi connectivity index (χ4v) is 4.30. The zero-order chi connectivity index (χ0) is 36.0. The Morgan fingerprint density at radius 2 is 0.857 bits per heavy atom. The number of hydrogen-bond donors (Lipinski definition) is 0. The molecule has 0 fully saturated rings. The molecule has 0 atom stereocenters. The van der Waals surface area contributed by atoms with Gasteiger partial charge in [0.1, 0.15) is 28.8 Å². The molecule has 0 amide bonds. The molecule has 0 aliphatic heterocycles. The van der Waals surface area contributed by atoms with Crippen LogP contribution >= 0.6 is 0 Å². The number of carbonyl (C=O) groups is 4. The summed E-state index contributed by atoms with van der Waals surface area (Å²) >= 11 is 0. The first-order valence-corrected chi connectivity index (χ1v) is 14.8. The summed E-state index contributed by atoms with van der Waals surface area (Å²) in [4.78, 5) is 48.9. The van der Waals surface area contributed by atoms with Gasteiger partial charge in [-0.25, -0.2) is 23.6 Å². The zero-order valence-electron chi connectivity index (χ0n) is 27.5. The molecule has 9 heteroatoms. The van der Waals surface area contributed by atoms with E-state index in [1.165, 1.54) is 39.8 Å². The van der Waals surface area contributed by atoms with Gasteiger partial charge in [0, 0.05) is 46.1 Å². The average Bonchev–Trinajstić information content (AvgIpc) is 3.05. The van der Waals surface area contributed by atoms with Crippen LogP contribution in [0.25, 0.3) is 33.4 Å². The van der Waals surface area contributed by atoms with Crippen LogP contribution < -0.4 is 18.9 Å². The van der Waals surface area contributed by atoms with E-state index in [2.05, 4.69) is 26.3 Å². The zero-order valence-corrected chi connectivity index (χ0v) is 27.5. The van der Waals surface area contributed by atoms with Gasteiger partial charge in [-0.1, -0.05) is 74.8 Å². The molecular weight excluding hydrogens is 627 g/mol. The van der Waals surface area contributed by atoms with Gasteiger partial charge in [-0.2, -0.15) is 0 Å². The van der Waals surface area contributed by atoms with Crippen molar-refractivity contribution in [3.05, 3.63) is 133 Å². The fourth-order valence-electron chi connectivity index (χ4n) is 4.30. The molecule has 0 aliphatic carbocycles. The predicted octanol–water partition coefficient (Wildman–Crippen LogP) is 8.75. The first kappa shape index (κ1) is 35.5. The number of halogens is 1. The van der Waals surface area contributed by atoms with Crippen molar-refractivity contribution in [2.45, 2.75) is 27.7 Å². The minimum atomic E-state index is -0.780. The molecule has 49 heavy (non-hydrogen) atoms. The summed E-state index contributed by atoms with van der Waals surface area (Å²) in [6, 6.07) is 21.2. The van der Waals surface area contributed by atoms with E-state index < -0.39 is 29.7 Å². The maximum Gasteiger partial charge on any atom is 0.338 e. The molecular formula is C40H33FO8. The van der Waals surface area contributed by atoms with Crippen LogP contribution in [0.2, 0.25) is 0 Å². The van der Waals surface area contributed by atoms with Crippen molar-refractivity contribution in [3.8, 4) is 56.4 Å². The van der Waals surface area contributed by atoms with Crippen LogP contribution in [0.5, 0.6) is 23.0 Å². The molecule has 0 unspecified atom stereocenters. The lowest BCUT2D eigenvalue weighted by Gasteiger charge is -2.15. The smallest absolute Gasteiger partial charge is 0.338 e. The van der Waals surface area contributed by atoms with E-state index in [-0.39, 0.29) is 50.9 Å². The summed E-state index contributed by atoms with van der Waals surface area (Å²) in [5.41, 5.74) is 3.88. The fraction of sp³-hybridized carbons (Fsp3) is 0.100. The number of esters is 4. The van der Waals surface area contributed by atoms with Gasteiger partial charge in [-0.05, 0) is 62.1 Å². The van der Waals surface area contributed by atoms with E-state index in [4.69, 9.17) is 18.9 Å². The van der Waals surface area contributed by atoms with Crippen LogP contribution in [0.15, 0.2) is 127 Å². The van der Waals surface area contributed by atoms with Crippen molar-refractivity contribution in [1.29, 1.82) is 0 Å². The summed E-state index contributed by atoms with van der Waals surface area (Å²) in [6.45, 7) is 20.2. The molecule has 0 saturated heterocycles. The van der Waals surface area contributed by atoms with Crippen LogP contribution in [0.3, 0.4) is 0 Å². The number of benzene rings is 4. The molecule has 0 bridgehead atoms. The minimum Gasteiger partial charge on any atom is -0.423 e. The maximum absolute atomic E-state index is 15.5. The Hall–Kier alpha value is -6.35. The van der Waals surface area contributed by atoms with Gasteiger partial charge >= 0.3 is 23.9 Å². The Kier molecular flexibility index (Phi) is 10.9. The topological polar surface area (TPSA) is 105 Å². The molecule has 4 aromatic rings. The third-order valence-corrected chi connectivity index (χ3v) is 6.90. The van der Waals surface area contributed by atoms with Crippen molar-refractivity contribution in [2.24, 2.45) is 0 Å². The Morgan fingerprint density at radius 1 is 0.469 bits per heavy atom. The van der Waals surface area contributed by atoms with Crippen LogP contribution in [0.4, 0.5) is 4.39 Å². The largest absolute Gasteiger partial charge is 0.423 e. The second kappa shape index (κ2) is 15.0. The van der Waals surface area contributed by atoms with Gasteiger partial charge < -0.3 is 18.9 Å². The Balaban J connectivity index is 1.66. The maximum atomic E-state index is 15.5. The van der Waals surface area contributed by atoms with E-state index >= 15 is 4.39 Å². The molecule has 0 radical (unpaired) electrons. The molecule has 0 spiro atoms. The highest BCUT2D eigenvalue weighted by Gasteiger charge is 2.20. The molecule has 0 heterocycles. The molecule has 4 aromatic carbocycles. The molecule has 248 valence electrons. The highest BCUT2D eigenvalue weighted by atomic mass is 19.1. The van der Waals surface area contributed by atoms with E-state index in [0.717, 1.165) is 17.2 Å². The van der Waals surface area contributed by atoms with E-state index in [1.54, 1.807) is 36.4 Å². The highest BCUT2D eigenvalue weighted by molar-refractivity contribution is 5.93. The van der Waals surface area contributed by atoms with Crippen molar-refractivity contribution in [1.82, 2.24) is 0 Å². The third-order valence-electron chi connectivity index (χ3n) is 6.90. The summed E-state index contributed by atoms with van der Waals surface area (Å²) in [5.74, 6) is -3.54. The van der Waals surface area contributed by atoms with Gasteiger partial charge in [-0.15, -0.1) is 0 Å². The summed E-state index contributed by atoms with van der Waals surface area (Å²) in [5, 5.41) is 0. The molecule has 8 nitrogen and oxygen atoms in total. The quantitative estimate of drug-likeness (QED) is 0.0894. The average molecular weight is 661 g/mol. The first-order valence-electron chi connectivity index (χ1n) is 14.8. The number of rotatable bonds is 11. The standard InChI is InChI=1S/C40H33FO8/c1-22(2)37(42)46-30-17-18-32(34(20-30)48-39(44)24(5)6)28-13-9-26(10-14-28)27-11-15-29(16-12-27)36-33(41)19-31(47-38(43)23(3)4)21-35(36)49-40(45)25(7)8/h9-21H,1,3,5,7H2,2,4,6,8H3. The van der Waals surface area contributed by atoms with Crippen LogP contribution in [0, 0.1) is 5.82 Å². The summed E-state index contributed by atoms with van der Waals surface area (Å²) < 4.78 is 37.0. The SMILES string of the molecule is C=C(C)C(=O)Oc1ccc(-c2ccc(-c3ccc(-c4c(F)cc(OC(=O)C(=C)C)cc4OC(=O)C(=C)C)cc3)cc2)c(OC(=O)C(=C)C)c1. The van der Waals surface area contributed by atoms with E-state index in [9.17, 15) is 19.2 Å². The number of ether oxygens (including phenoxy) is 4. The van der Waals surface area contributed by atoms with E-state index in [1.807, 2.05) is 24.3 Å². The van der Waals surface area contributed by atoms with Gasteiger partial charge in [0.05, 0.1) is 5.56 Å². The Labute approximate surface area is 283 Å². The second-order valence-corrected chi connectivity index (χ2v) is 11.3. The monoisotopic (exact) mass is 660 g/mol. The molecule has 4 rings (SSSR count). The lowest BCUT2D eigenvalue weighted by atomic mass is 9.97. The van der Waals surface area contributed by atoms with Crippen molar-refractivity contribution >= 4 is 23.9 Å². The molecule has 0 N–H and O–H groups in total. The van der Waals surface area contributed by atoms with Crippen molar-refractivity contribution in [2.75, 3.05) is 0 Å². The van der Waals surface area contributed by atoms with E-state index in [0.29, 0.717) is 16.7 Å². The van der Waals surface area contributed by atoms with Crippen LogP contribution in [-0.2, 0) is 19.2 Å². The van der Waals surface area contributed by atoms with Crippen molar-refractivity contribution in [3.63, 3.8) is 0 Å². The minimum absolute atomic E-state index is 0.0131.